The zero-order valence-corrected chi connectivity index (χ0v) is 8.52. The highest BCUT2D eigenvalue weighted by Gasteiger charge is 2.38. The van der Waals surface area contributed by atoms with Crippen molar-refractivity contribution in [2.24, 2.45) is 0 Å². The van der Waals surface area contributed by atoms with Crippen LogP contribution >= 0.6 is 0 Å². The summed E-state index contributed by atoms with van der Waals surface area (Å²) in [6, 6.07) is -0.234. The van der Waals surface area contributed by atoms with Gasteiger partial charge in [0.2, 0.25) is 5.88 Å². The third kappa shape index (κ3) is 3.63. The number of aromatic amines is 1. The Balaban J connectivity index is 3.47. The second-order valence-corrected chi connectivity index (χ2v) is 3.11. The Morgan fingerprint density at radius 1 is 1.21 bits per heavy atom. The maximum absolute atomic E-state index is 12.3. The van der Waals surface area contributed by atoms with Crippen molar-refractivity contribution < 1.29 is 41.0 Å². The Morgan fingerprint density at radius 2 is 1.74 bits per heavy atom. The second-order valence-electron chi connectivity index (χ2n) is 3.11. The van der Waals surface area contributed by atoms with Crippen LogP contribution in [0.1, 0.15) is 15.9 Å². The minimum atomic E-state index is -5.37. The molecule has 0 aromatic carbocycles. The Hall–Kier alpha value is -2.20. The van der Waals surface area contributed by atoms with Crippen molar-refractivity contribution in [3.63, 3.8) is 0 Å². The van der Waals surface area contributed by atoms with E-state index >= 15 is 0 Å². The van der Waals surface area contributed by atoms with Crippen molar-refractivity contribution in [2.45, 2.75) is 12.5 Å². The van der Waals surface area contributed by atoms with E-state index in [2.05, 4.69) is 4.74 Å². The Kier molecular flexibility index (Phi) is 3.50. The predicted molar refractivity (Wildman–Crippen MR) is 45.7 cm³/mol. The van der Waals surface area contributed by atoms with Crippen molar-refractivity contribution >= 4 is 5.97 Å². The Labute approximate surface area is 99.0 Å². The molecule has 0 atom stereocenters. The van der Waals surface area contributed by atoms with Gasteiger partial charge in [0, 0.05) is 0 Å². The van der Waals surface area contributed by atoms with Crippen LogP contribution in [-0.4, -0.2) is 22.4 Å². The van der Waals surface area contributed by atoms with Crippen LogP contribution in [0.15, 0.2) is 10.9 Å². The zero-order chi connectivity index (χ0) is 15.0. The van der Waals surface area contributed by atoms with Crippen molar-refractivity contribution in [3.05, 3.63) is 27.5 Å². The van der Waals surface area contributed by atoms with Gasteiger partial charge in [0.25, 0.3) is 5.56 Å². The summed E-state index contributed by atoms with van der Waals surface area (Å²) in [6.07, 6.45) is -10.6. The minimum absolute atomic E-state index is 0.234. The molecule has 1 aromatic rings. The van der Waals surface area contributed by atoms with E-state index in [0.29, 0.717) is 0 Å². The molecule has 0 unspecified atom stereocenters. The van der Waals surface area contributed by atoms with Crippen LogP contribution in [0.2, 0.25) is 0 Å². The smallest absolute Gasteiger partial charge is 0.477 e. The van der Waals surface area contributed by atoms with Crippen molar-refractivity contribution in [3.8, 4) is 5.88 Å². The average Bonchev–Trinajstić information content (AvgIpc) is 2.11. The first-order valence-corrected chi connectivity index (χ1v) is 4.25. The summed E-state index contributed by atoms with van der Waals surface area (Å²) in [5, 5.41) is 8.51. The number of ether oxygens (including phenoxy) is 1. The van der Waals surface area contributed by atoms with E-state index in [1.54, 1.807) is 0 Å². The van der Waals surface area contributed by atoms with Gasteiger partial charge < -0.3 is 9.84 Å². The first kappa shape index (κ1) is 14.9. The van der Waals surface area contributed by atoms with Crippen molar-refractivity contribution in [2.75, 3.05) is 0 Å². The standard InChI is InChI=1S/C8H3F6NO4/c9-7(10,11)3-1-2(6(17)18)5(15-4(3)16)19-8(12,13)14/h1H,(H,15,16)(H,17,18). The van der Waals surface area contributed by atoms with E-state index < -0.39 is 41.1 Å². The van der Waals surface area contributed by atoms with E-state index in [4.69, 9.17) is 5.11 Å². The molecular formula is C8H3F6NO4. The van der Waals surface area contributed by atoms with Gasteiger partial charge in [0.1, 0.15) is 11.1 Å². The Morgan fingerprint density at radius 3 is 2.11 bits per heavy atom. The number of carbonyl (C=O) groups is 1. The Bertz CT molecular complexity index is 558. The zero-order valence-electron chi connectivity index (χ0n) is 8.52. The molecule has 0 fully saturated rings. The van der Waals surface area contributed by atoms with Crippen LogP contribution < -0.4 is 10.3 Å². The molecule has 0 saturated carbocycles. The first-order valence-electron chi connectivity index (χ1n) is 4.25. The molecule has 0 bridgehead atoms. The molecule has 0 aliphatic carbocycles. The highest BCUT2D eigenvalue weighted by atomic mass is 19.4. The fourth-order valence-corrected chi connectivity index (χ4v) is 1.08. The maximum atomic E-state index is 12.3. The maximum Gasteiger partial charge on any atom is 0.574 e. The minimum Gasteiger partial charge on any atom is -0.477 e. The van der Waals surface area contributed by atoms with Crippen molar-refractivity contribution in [1.82, 2.24) is 4.98 Å². The summed E-state index contributed by atoms with van der Waals surface area (Å²) in [4.78, 5) is 22.6. The molecule has 11 heteroatoms. The van der Waals surface area contributed by atoms with Gasteiger partial charge in [-0.1, -0.05) is 0 Å². The summed E-state index contributed by atoms with van der Waals surface area (Å²) in [5.74, 6) is -3.75. The summed E-state index contributed by atoms with van der Waals surface area (Å²) in [7, 11) is 0. The summed E-state index contributed by atoms with van der Waals surface area (Å²) in [5.41, 5.74) is -5.36. The lowest BCUT2D eigenvalue weighted by atomic mass is 10.2. The number of nitrogens with one attached hydrogen (secondary N) is 1. The number of carboxylic acid groups (broad SMARTS) is 1. The summed E-state index contributed by atoms with van der Waals surface area (Å²) >= 11 is 0. The van der Waals surface area contributed by atoms with Crippen LogP contribution in [0.5, 0.6) is 5.88 Å². The monoisotopic (exact) mass is 291 g/mol. The predicted octanol–water partition coefficient (Wildman–Crippen LogP) is 1.99. The molecule has 106 valence electrons. The molecule has 1 aromatic heterocycles. The van der Waals surface area contributed by atoms with Crippen LogP contribution in [0, 0.1) is 0 Å². The SMILES string of the molecule is O=C(O)c1cc(C(F)(F)F)c(=O)[nH]c1OC(F)(F)F. The van der Waals surface area contributed by atoms with Crippen LogP contribution in [0.25, 0.3) is 0 Å². The number of halogens is 6. The average molecular weight is 291 g/mol. The fraction of sp³-hybridized carbons (Fsp3) is 0.250. The first-order chi connectivity index (χ1) is 8.42. The van der Waals surface area contributed by atoms with Crippen LogP contribution in [0.3, 0.4) is 0 Å². The largest absolute Gasteiger partial charge is 0.574 e. The van der Waals surface area contributed by atoms with E-state index in [1.165, 1.54) is 0 Å². The molecule has 0 radical (unpaired) electrons. The quantitative estimate of drug-likeness (QED) is 0.817. The van der Waals surface area contributed by atoms with Crippen LogP contribution in [0.4, 0.5) is 26.3 Å². The molecule has 0 aliphatic rings. The van der Waals surface area contributed by atoms with Crippen LogP contribution in [-0.2, 0) is 6.18 Å². The van der Waals surface area contributed by atoms with Gasteiger partial charge in [-0.25, -0.2) is 4.79 Å². The second kappa shape index (κ2) is 4.48. The lowest BCUT2D eigenvalue weighted by molar-refractivity contribution is -0.276. The van der Waals surface area contributed by atoms with Gasteiger partial charge in [-0.15, -0.1) is 13.2 Å². The number of aromatic carboxylic acids is 1. The molecule has 5 nitrogen and oxygen atoms in total. The molecule has 0 amide bonds. The van der Waals surface area contributed by atoms with Gasteiger partial charge in [-0.05, 0) is 6.07 Å². The molecule has 19 heavy (non-hydrogen) atoms. The highest BCUT2D eigenvalue weighted by Crippen LogP contribution is 2.30. The van der Waals surface area contributed by atoms with E-state index in [-0.39, 0.29) is 6.07 Å². The third-order valence-corrected chi connectivity index (χ3v) is 1.76. The van der Waals surface area contributed by atoms with E-state index in [9.17, 15) is 35.9 Å². The molecule has 1 rings (SSSR count). The molecule has 0 saturated heterocycles. The lowest BCUT2D eigenvalue weighted by Crippen LogP contribution is -2.27. The van der Waals surface area contributed by atoms with E-state index in [0.717, 1.165) is 4.98 Å². The number of H-pyrrole nitrogens is 1. The highest BCUT2D eigenvalue weighted by molar-refractivity contribution is 5.90. The summed E-state index contributed by atoms with van der Waals surface area (Å²) < 4.78 is 75.7. The number of hydrogen-bond acceptors (Lipinski definition) is 3. The topological polar surface area (TPSA) is 79.4 Å². The van der Waals surface area contributed by atoms with Gasteiger partial charge in [-0.2, -0.15) is 13.2 Å². The molecule has 2 N–H and O–H groups in total. The normalized spacial score (nSPS) is 12.3. The molecule has 1 heterocycles. The summed E-state index contributed by atoms with van der Waals surface area (Å²) in [6.45, 7) is 0. The van der Waals surface area contributed by atoms with Crippen molar-refractivity contribution in [1.29, 1.82) is 0 Å². The van der Waals surface area contributed by atoms with Gasteiger partial charge in [-0.3, -0.25) is 9.78 Å². The van der Waals surface area contributed by atoms with Gasteiger partial charge in [0.05, 0.1) is 0 Å². The molecule has 0 spiro atoms. The number of hydrogen-bond donors (Lipinski definition) is 2. The fourth-order valence-electron chi connectivity index (χ4n) is 1.08. The van der Waals surface area contributed by atoms with E-state index in [1.807, 2.05) is 0 Å². The lowest BCUT2D eigenvalue weighted by Gasteiger charge is -2.12. The molecular weight excluding hydrogens is 288 g/mol. The van der Waals surface area contributed by atoms with Gasteiger partial charge in [0.15, 0.2) is 0 Å². The number of aromatic nitrogens is 1. The van der Waals surface area contributed by atoms with Gasteiger partial charge >= 0.3 is 18.5 Å². The number of rotatable bonds is 2. The number of pyridine rings is 1. The third-order valence-electron chi connectivity index (χ3n) is 1.76. The number of carboxylic acids is 1. The number of alkyl halides is 6. The molecule has 0 aliphatic heterocycles.